The van der Waals surface area contributed by atoms with Crippen molar-refractivity contribution in [1.29, 1.82) is 0 Å². The van der Waals surface area contributed by atoms with Crippen molar-refractivity contribution < 1.29 is 35.1 Å². The van der Waals surface area contributed by atoms with Gasteiger partial charge in [0.1, 0.15) is 11.8 Å². The molecule has 9 heteroatoms. The molecular formula is C6H5ClF8. The maximum absolute atomic E-state index is 12.5. The standard InChI is InChI=1S/C6H5ClF8/c7-3(1-5(10,11)12)4(8,9)2-6(13,14)15/h3H,1-2H2. The molecule has 1 unspecified atom stereocenters. The number of hydrogen-bond donors (Lipinski definition) is 0. The van der Waals surface area contributed by atoms with E-state index in [9.17, 15) is 35.1 Å². The summed E-state index contributed by atoms with van der Waals surface area (Å²) in [5.41, 5.74) is 0. The molecule has 15 heavy (non-hydrogen) atoms. The molecule has 0 saturated carbocycles. The summed E-state index contributed by atoms with van der Waals surface area (Å²) in [6.07, 6.45) is -15.1. The summed E-state index contributed by atoms with van der Waals surface area (Å²) in [5, 5.41) is -2.92. The Hall–Kier alpha value is -0.270. The lowest BCUT2D eigenvalue weighted by Gasteiger charge is -2.23. The fourth-order valence-corrected chi connectivity index (χ4v) is 0.983. The summed E-state index contributed by atoms with van der Waals surface area (Å²) < 4.78 is 94.3. The second-order valence-corrected chi connectivity index (χ2v) is 3.37. The van der Waals surface area contributed by atoms with Crippen LogP contribution >= 0.6 is 11.6 Å². The van der Waals surface area contributed by atoms with Crippen LogP contribution in [-0.2, 0) is 0 Å². The lowest BCUT2D eigenvalue weighted by atomic mass is 10.1. The zero-order valence-corrected chi connectivity index (χ0v) is 7.65. The zero-order chi connectivity index (χ0) is 12.5. The molecule has 0 N–H and O–H groups in total. The Morgan fingerprint density at radius 1 is 0.800 bits per heavy atom. The predicted octanol–water partition coefficient (Wildman–Crippen LogP) is 4.13. The van der Waals surface area contributed by atoms with Gasteiger partial charge in [0.25, 0.3) is 5.92 Å². The Morgan fingerprint density at radius 3 is 1.47 bits per heavy atom. The summed E-state index contributed by atoms with van der Waals surface area (Å²) >= 11 is 4.59. The Bertz CT molecular complexity index is 204. The zero-order valence-electron chi connectivity index (χ0n) is 6.89. The third kappa shape index (κ3) is 6.75. The van der Waals surface area contributed by atoms with Crippen LogP contribution in [0.5, 0.6) is 0 Å². The van der Waals surface area contributed by atoms with Gasteiger partial charge < -0.3 is 0 Å². The molecule has 0 radical (unpaired) electrons. The van der Waals surface area contributed by atoms with Crippen LogP contribution in [0.2, 0.25) is 0 Å². The highest BCUT2D eigenvalue weighted by atomic mass is 35.5. The largest absolute Gasteiger partial charge is 0.394 e. The monoisotopic (exact) mass is 264 g/mol. The first kappa shape index (κ1) is 14.7. The molecule has 0 aliphatic carbocycles. The van der Waals surface area contributed by atoms with Gasteiger partial charge in [-0.1, -0.05) is 0 Å². The second-order valence-electron chi connectivity index (χ2n) is 2.84. The molecule has 0 amide bonds. The maximum Gasteiger partial charge on any atom is 0.394 e. The average Bonchev–Trinajstić information content (AvgIpc) is 1.75. The third-order valence-corrected chi connectivity index (χ3v) is 1.78. The van der Waals surface area contributed by atoms with Crippen LogP contribution < -0.4 is 0 Å². The van der Waals surface area contributed by atoms with E-state index in [-0.39, 0.29) is 0 Å². The Balaban J connectivity index is 4.46. The van der Waals surface area contributed by atoms with Crippen molar-refractivity contribution in [2.75, 3.05) is 0 Å². The summed E-state index contributed by atoms with van der Waals surface area (Å²) in [6, 6.07) is 0. The fourth-order valence-electron chi connectivity index (χ4n) is 0.731. The van der Waals surface area contributed by atoms with E-state index in [1.54, 1.807) is 0 Å². The first-order chi connectivity index (χ1) is 6.33. The first-order valence-corrected chi connectivity index (χ1v) is 3.92. The second kappa shape index (κ2) is 4.31. The highest BCUT2D eigenvalue weighted by molar-refractivity contribution is 6.21. The lowest BCUT2D eigenvalue weighted by molar-refractivity contribution is -0.200. The van der Waals surface area contributed by atoms with Crippen LogP contribution in [-0.4, -0.2) is 23.7 Å². The van der Waals surface area contributed by atoms with Gasteiger partial charge >= 0.3 is 12.4 Å². The van der Waals surface area contributed by atoms with Crippen LogP contribution in [0.4, 0.5) is 35.1 Å². The number of halogens is 9. The number of rotatable bonds is 3. The summed E-state index contributed by atoms with van der Waals surface area (Å²) in [5.74, 6) is -4.63. The highest BCUT2D eigenvalue weighted by Gasteiger charge is 2.51. The van der Waals surface area contributed by atoms with Gasteiger partial charge in [0.15, 0.2) is 0 Å². The SMILES string of the molecule is FC(F)(F)CC(Cl)C(F)(F)CC(F)(F)F. The molecule has 92 valence electrons. The van der Waals surface area contributed by atoms with Crippen molar-refractivity contribution in [3.63, 3.8) is 0 Å². The Labute approximate surface area is 84.2 Å². The van der Waals surface area contributed by atoms with E-state index in [4.69, 9.17) is 0 Å². The summed E-state index contributed by atoms with van der Waals surface area (Å²) in [7, 11) is 0. The molecular weight excluding hydrogens is 260 g/mol. The van der Waals surface area contributed by atoms with E-state index >= 15 is 0 Å². The van der Waals surface area contributed by atoms with Crippen LogP contribution in [0.15, 0.2) is 0 Å². The van der Waals surface area contributed by atoms with Gasteiger partial charge in [-0.15, -0.1) is 11.6 Å². The molecule has 0 aromatic heterocycles. The van der Waals surface area contributed by atoms with Crippen molar-refractivity contribution >= 4 is 11.6 Å². The molecule has 0 heterocycles. The van der Waals surface area contributed by atoms with Gasteiger partial charge in [-0.3, -0.25) is 0 Å². The van der Waals surface area contributed by atoms with Gasteiger partial charge in [-0.05, 0) is 0 Å². The third-order valence-electron chi connectivity index (χ3n) is 1.31. The number of hydrogen-bond acceptors (Lipinski definition) is 0. The van der Waals surface area contributed by atoms with E-state index in [1.165, 1.54) is 0 Å². The minimum atomic E-state index is -5.26. The average molecular weight is 265 g/mol. The van der Waals surface area contributed by atoms with E-state index in [2.05, 4.69) is 11.6 Å². The van der Waals surface area contributed by atoms with Gasteiger partial charge in [-0.2, -0.15) is 26.3 Å². The molecule has 0 aromatic rings. The van der Waals surface area contributed by atoms with Crippen LogP contribution in [0.1, 0.15) is 12.8 Å². The molecule has 0 bridgehead atoms. The quantitative estimate of drug-likeness (QED) is 0.531. The molecule has 0 fully saturated rings. The topological polar surface area (TPSA) is 0 Å². The van der Waals surface area contributed by atoms with Crippen molar-refractivity contribution in [2.45, 2.75) is 36.5 Å². The molecule has 0 aliphatic rings. The van der Waals surface area contributed by atoms with Crippen molar-refractivity contribution in [3.05, 3.63) is 0 Å². The molecule has 0 aromatic carbocycles. The Morgan fingerprint density at radius 2 is 1.20 bits per heavy atom. The van der Waals surface area contributed by atoms with Gasteiger partial charge in [0.05, 0.1) is 6.42 Å². The first-order valence-electron chi connectivity index (χ1n) is 3.49. The van der Waals surface area contributed by atoms with Crippen LogP contribution in [0.3, 0.4) is 0 Å². The number of alkyl halides is 9. The van der Waals surface area contributed by atoms with E-state index in [0.717, 1.165) is 0 Å². The fraction of sp³-hybridized carbons (Fsp3) is 1.00. The minimum absolute atomic E-state index is 2.17. The summed E-state index contributed by atoms with van der Waals surface area (Å²) in [4.78, 5) is 0. The lowest BCUT2D eigenvalue weighted by Crippen LogP contribution is -2.37. The van der Waals surface area contributed by atoms with Crippen LogP contribution in [0, 0.1) is 0 Å². The minimum Gasteiger partial charge on any atom is -0.205 e. The van der Waals surface area contributed by atoms with Crippen molar-refractivity contribution in [1.82, 2.24) is 0 Å². The Kier molecular flexibility index (Phi) is 4.23. The van der Waals surface area contributed by atoms with Gasteiger partial charge in [0.2, 0.25) is 0 Å². The molecule has 0 spiro atoms. The molecule has 0 saturated heterocycles. The van der Waals surface area contributed by atoms with E-state index in [1.807, 2.05) is 0 Å². The molecule has 0 nitrogen and oxygen atoms in total. The smallest absolute Gasteiger partial charge is 0.205 e. The van der Waals surface area contributed by atoms with Crippen LogP contribution in [0.25, 0.3) is 0 Å². The molecule has 0 aliphatic heterocycles. The van der Waals surface area contributed by atoms with E-state index in [0.29, 0.717) is 0 Å². The van der Waals surface area contributed by atoms with Gasteiger partial charge in [0, 0.05) is 0 Å². The van der Waals surface area contributed by atoms with Crippen molar-refractivity contribution in [3.8, 4) is 0 Å². The normalized spacial score (nSPS) is 16.6. The van der Waals surface area contributed by atoms with Crippen molar-refractivity contribution in [2.24, 2.45) is 0 Å². The van der Waals surface area contributed by atoms with E-state index < -0.39 is 36.5 Å². The molecule has 0 rings (SSSR count). The van der Waals surface area contributed by atoms with Gasteiger partial charge in [-0.25, -0.2) is 8.78 Å². The maximum atomic E-state index is 12.5. The predicted molar refractivity (Wildman–Crippen MR) is 35.9 cm³/mol. The highest BCUT2D eigenvalue weighted by Crippen LogP contribution is 2.40. The molecule has 1 atom stereocenters. The summed E-state index contributed by atoms with van der Waals surface area (Å²) in [6.45, 7) is 0.